The van der Waals surface area contributed by atoms with Gasteiger partial charge in [0.25, 0.3) is 0 Å². The molecule has 0 bridgehead atoms. The van der Waals surface area contributed by atoms with E-state index in [4.69, 9.17) is 30.5 Å². The van der Waals surface area contributed by atoms with E-state index in [1.165, 1.54) is 12.1 Å². The van der Waals surface area contributed by atoms with Gasteiger partial charge in [-0.1, -0.05) is 23.7 Å². The summed E-state index contributed by atoms with van der Waals surface area (Å²) in [6.45, 7) is 1.15. The van der Waals surface area contributed by atoms with Gasteiger partial charge in [-0.15, -0.1) is 0 Å². The maximum Gasteiger partial charge on any atom is 0.305 e. The number of fused-ring (bicyclic) bond motifs is 1. The van der Waals surface area contributed by atoms with Crippen molar-refractivity contribution in [2.45, 2.75) is 17.7 Å². The Morgan fingerprint density at radius 1 is 1.07 bits per heavy atom. The van der Waals surface area contributed by atoms with Gasteiger partial charge in [-0.05, 0) is 30.7 Å². The Labute approximate surface area is 180 Å². The molecule has 0 saturated carbocycles. The molecule has 10 heteroatoms. The Kier molecular flexibility index (Phi) is 7.78. The first kappa shape index (κ1) is 22.2. The number of esters is 1. The van der Waals surface area contributed by atoms with Crippen molar-refractivity contribution < 1.29 is 32.2 Å². The van der Waals surface area contributed by atoms with Gasteiger partial charge in [-0.2, -0.15) is 0 Å². The van der Waals surface area contributed by atoms with Crippen molar-refractivity contribution in [2.24, 2.45) is 0 Å². The zero-order valence-electron chi connectivity index (χ0n) is 16.1. The van der Waals surface area contributed by atoms with Crippen LogP contribution in [0.4, 0.5) is 0 Å². The topological polar surface area (TPSA) is 100 Å². The van der Waals surface area contributed by atoms with Crippen LogP contribution in [0.15, 0.2) is 47.4 Å². The van der Waals surface area contributed by atoms with Crippen molar-refractivity contribution in [3.63, 3.8) is 0 Å². The number of nitrogens with one attached hydrogen (secondary N) is 1. The van der Waals surface area contributed by atoms with Crippen molar-refractivity contribution in [2.75, 3.05) is 33.0 Å². The molecule has 0 aromatic heterocycles. The fraction of sp³-hybridized carbons (Fsp3) is 0.350. The van der Waals surface area contributed by atoms with Gasteiger partial charge in [-0.25, -0.2) is 13.1 Å². The fourth-order valence-electron chi connectivity index (χ4n) is 2.65. The van der Waals surface area contributed by atoms with Crippen molar-refractivity contribution in [3.05, 3.63) is 47.5 Å². The molecule has 0 saturated heterocycles. The van der Waals surface area contributed by atoms with Gasteiger partial charge >= 0.3 is 5.97 Å². The van der Waals surface area contributed by atoms with Crippen LogP contribution in [0.3, 0.4) is 0 Å². The smallest absolute Gasteiger partial charge is 0.305 e. The summed E-state index contributed by atoms with van der Waals surface area (Å²) >= 11 is 5.96. The number of halogens is 1. The molecule has 1 aliphatic heterocycles. The minimum atomic E-state index is -3.72. The summed E-state index contributed by atoms with van der Waals surface area (Å²) in [5.41, 5.74) is 0. The van der Waals surface area contributed by atoms with Gasteiger partial charge in [0.1, 0.15) is 32.2 Å². The monoisotopic (exact) mass is 455 g/mol. The molecule has 0 unspecified atom stereocenters. The minimum Gasteiger partial charge on any atom is -0.488 e. The van der Waals surface area contributed by atoms with E-state index < -0.39 is 16.0 Å². The van der Waals surface area contributed by atoms with Crippen LogP contribution >= 0.6 is 11.6 Å². The average Bonchev–Trinajstić information content (AvgIpc) is 2.75. The number of sulfonamides is 1. The minimum absolute atomic E-state index is 0.0750. The lowest BCUT2D eigenvalue weighted by atomic mass is 10.3. The summed E-state index contributed by atoms with van der Waals surface area (Å²) in [4.78, 5) is 11.8. The molecule has 0 fully saturated rings. The van der Waals surface area contributed by atoms with Gasteiger partial charge in [0.15, 0.2) is 11.5 Å². The lowest BCUT2D eigenvalue weighted by Crippen LogP contribution is -2.26. The molecule has 162 valence electrons. The van der Waals surface area contributed by atoms with Crippen LogP contribution in [0.25, 0.3) is 0 Å². The lowest BCUT2D eigenvalue weighted by Gasteiger charge is -2.18. The molecule has 8 nitrogen and oxygen atoms in total. The van der Waals surface area contributed by atoms with Crippen LogP contribution in [0.1, 0.15) is 12.8 Å². The molecule has 0 spiro atoms. The maximum absolute atomic E-state index is 12.4. The number of ether oxygens (including phenoxy) is 4. The van der Waals surface area contributed by atoms with Crippen molar-refractivity contribution >= 4 is 27.6 Å². The number of hydrogen-bond donors (Lipinski definition) is 1. The molecule has 1 heterocycles. The van der Waals surface area contributed by atoms with E-state index in [-0.39, 0.29) is 31.1 Å². The second kappa shape index (κ2) is 10.5. The molecule has 3 rings (SSSR count). The van der Waals surface area contributed by atoms with Crippen LogP contribution in [0, 0.1) is 0 Å². The highest BCUT2D eigenvalue weighted by atomic mass is 35.5. The number of carbonyl (C=O) groups excluding carboxylic acids is 1. The third-order valence-electron chi connectivity index (χ3n) is 4.11. The highest BCUT2D eigenvalue weighted by Crippen LogP contribution is 2.32. The first-order valence-corrected chi connectivity index (χ1v) is 11.2. The van der Waals surface area contributed by atoms with E-state index in [2.05, 4.69) is 4.72 Å². The van der Waals surface area contributed by atoms with Crippen molar-refractivity contribution in [1.29, 1.82) is 0 Å². The number of para-hydroxylation sites is 1. The predicted octanol–water partition coefficient (Wildman–Crippen LogP) is 2.79. The SMILES string of the molecule is O=C(CCCNS(=O)(=O)c1ccc2c(c1)OCCO2)OCCOc1ccccc1Cl. The van der Waals surface area contributed by atoms with Gasteiger partial charge < -0.3 is 18.9 Å². The van der Waals surface area contributed by atoms with E-state index in [9.17, 15) is 13.2 Å². The Balaban J connectivity index is 1.35. The van der Waals surface area contributed by atoms with E-state index in [1.807, 2.05) is 0 Å². The Hall–Kier alpha value is -2.49. The molecule has 30 heavy (non-hydrogen) atoms. The third-order valence-corrected chi connectivity index (χ3v) is 5.89. The zero-order valence-corrected chi connectivity index (χ0v) is 17.7. The highest BCUT2D eigenvalue weighted by molar-refractivity contribution is 7.89. The van der Waals surface area contributed by atoms with Crippen LogP contribution < -0.4 is 18.9 Å². The molecule has 1 aliphatic rings. The fourth-order valence-corrected chi connectivity index (χ4v) is 3.93. The zero-order chi connectivity index (χ0) is 21.4. The molecule has 0 amide bonds. The maximum atomic E-state index is 12.4. The Bertz CT molecular complexity index is 981. The summed E-state index contributed by atoms with van der Waals surface area (Å²) in [5.74, 6) is 0.994. The largest absolute Gasteiger partial charge is 0.488 e. The quantitative estimate of drug-likeness (QED) is 0.434. The predicted molar refractivity (Wildman–Crippen MR) is 110 cm³/mol. The Morgan fingerprint density at radius 2 is 1.83 bits per heavy atom. The van der Waals surface area contributed by atoms with Crippen LogP contribution in [0.2, 0.25) is 5.02 Å². The second-order valence-electron chi connectivity index (χ2n) is 6.31. The first-order valence-electron chi connectivity index (χ1n) is 9.38. The molecule has 1 N–H and O–H groups in total. The molecular weight excluding hydrogens is 434 g/mol. The van der Waals surface area contributed by atoms with E-state index in [0.717, 1.165) is 0 Å². The van der Waals surface area contributed by atoms with Crippen LogP contribution in [-0.2, 0) is 19.6 Å². The summed E-state index contributed by atoms with van der Waals surface area (Å²) in [5, 5.41) is 0.481. The number of benzene rings is 2. The van der Waals surface area contributed by atoms with Gasteiger partial charge in [0.2, 0.25) is 10.0 Å². The van der Waals surface area contributed by atoms with Crippen molar-refractivity contribution in [3.8, 4) is 17.2 Å². The second-order valence-corrected chi connectivity index (χ2v) is 8.48. The molecule has 0 atom stereocenters. The standard InChI is InChI=1S/C20H22ClNO7S/c21-16-4-1-2-5-17(16)26-12-13-29-20(23)6-3-9-22-30(24,25)15-7-8-18-19(14-15)28-11-10-27-18/h1-2,4-5,7-8,14,22H,3,6,9-13H2. The molecule has 0 radical (unpaired) electrons. The summed E-state index contributed by atoms with van der Waals surface area (Å²) in [7, 11) is -3.72. The van der Waals surface area contributed by atoms with Crippen LogP contribution in [0.5, 0.6) is 17.2 Å². The summed E-state index contributed by atoms with van der Waals surface area (Å²) < 4.78 is 48.5. The molecular formula is C20H22ClNO7S. The van der Waals surface area contributed by atoms with Gasteiger partial charge in [-0.3, -0.25) is 4.79 Å². The average molecular weight is 456 g/mol. The summed E-state index contributed by atoms with van der Waals surface area (Å²) in [6, 6.07) is 11.4. The normalized spacial score (nSPS) is 13.0. The van der Waals surface area contributed by atoms with E-state index >= 15 is 0 Å². The van der Waals surface area contributed by atoms with Crippen molar-refractivity contribution in [1.82, 2.24) is 4.72 Å². The molecule has 0 aliphatic carbocycles. The first-order chi connectivity index (χ1) is 14.5. The third kappa shape index (κ3) is 6.25. The van der Waals surface area contributed by atoms with Crippen LogP contribution in [-0.4, -0.2) is 47.4 Å². The number of carbonyl (C=O) groups is 1. The highest BCUT2D eigenvalue weighted by Gasteiger charge is 2.19. The molecule has 2 aromatic carbocycles. The number of hydrogen-bond acceptors (Lipinski definition) is 7. The van der Waals surface area contributed by atoms with E-state index in [0.29, 0.717) is 41.9 Å². The summed E-state index contributed by atoms with van der Waals surface area (Å²) in [6.07, 6.45) is 0.379. The number of rotatable bonds is 10. The lowest BCUT2D eigenvalue weighted by molar-refractivity contribution is -0.144. The Morgan fingerprint density at radius 3 is 2.63 bits per heavy atom. The molecule has 2 aromatic rings. The van der Waals surface area contributed by atoms with Gasteiger partial charge in [0.05, 0.1) is 9.92 Å². The van der Waals surface area contributed by atoms with Gasteiger partial charge in [0, 0.05) is 19.0 Å². The van der Waals surface area contributed by atoms with E-state index in [1.54, 1.807) is 30.3 Å².